The van der Waals surface area contributed by atoms with Crippen LogP contribution in [0.5, 0.6) is 0 Å². The lowest BCUT2D eigenvalue weighted by Crippen LogP contribution is -2.14. The van der Waals surface area contributed by atoms with Gasteiger partial charge in [-0.3, -0.25) is 9.78 Å². The Morgan fingerprint density at radius 1 is 1.19 bits per heavy atom. The molecule has 0 fully saturated rings. The fourth-order valence-electron chi connectivity index (χ4n) is 2.24. The number of rotatable bonds is 4. The van der Waals surface area contributed by atoms with Crippen LogP contribution < -0.4 is 5.32 Å². The smallest absolute Gasteiger partial charge is 0.228 e. The molecule has 0 spiro atoms. The zero-order chi connectivity index (χ0) is 14.7. The van der Waals surface area contributed by atoms with Crippen LogP contribution in [0.2, 0.25) is 0 Å². The van der Waals surface area contributed by atoms with Crippen molar-refractivity contribution in [2.75, 3.05) is 5.32 Å². The van der Waals surface area contributed by atoms with Crippen molar-refractivity contribution >= 4 is 33.0 Å². The molecule has 0 aliphatic carbocycles. The van der Waals surface area contributed by atoms with Crippen molar-refractivity contribution in [3.63, 3.8) is 0 Å². The Kier molecular flexibility index (Phi) is 3.97. The monoisotopic (exact) mass is 296 g/mol. The molecular weight excluding hydrogens is 280 g/mol. The van der Waals surface area contributed by atoms with Gasteiger partial charge in [0.15, 0.2) is 0 Å². The van der Waals surface area contributed by atoms with Crippen LogP contribution in [0.25, 0.3) is 10.1 Å². The molecule has 1 aromatic carbocycles. The Labute approximate surface area is 127 Å². The second-order valence-corrected chi connectivity index (χ2v) is 5.83. The van der Waals surface area contributed by atoms with Crippen LogP contribution in [-0.2, 0) is 17.6 Å². The number of aromatic nitrogens is 1. The Balaban J connectivity index is 1.71. The molecule has 0 radical (unpaired) electrons. The van der Waals surface area contributed by atoms with Gasteiger partial charge in [-0.15, -0.1) is 11.3 Å². The van der Waals surface area contributed by atoms with Crippen molar-refractivity contribution in [1.29, 1.82) is 0 Å². The second kappa shape index (κ2) is 6.06. The van der Waals surface area contributed by atoms with Gasteiger partial charge in [0.05, 0.1) is 12.1 Å². The number of amides is 1. The minimum Gasteiger partial charge on any atom is -0.324 e. The van der Waals surface area contributed by atoms with Crippen LogP contribution in [0.1, 0.15) is 18.1 Å². The Hall–Kier alpha value is -2.20. The summed E-state index contributed by atoms with van der Waals surface area (Å²) < 4.78 is 1.13. The first-order valence-corrected chi connectivity index (χ1v) is 7.83. The van der Waals surface area contributed by atoms with E-state index in [-0.39, 0.29) is 5.91 Å². The van der Waals surface area contributed by atoms with Gasteiger partial charge in [-0.25, -0.2) is 0 Å². The molecule has 21 heavy (non-hydrogen) atoms. The highest BCUT2D eigenvalue weighted by atomic mass is 32.1. The fourth-order valence-corrected chi connectivity index (χ4v) is 3.10. The topological polar surface area (TPSA) is 42.0 Å². The average Bonchev–Trinajstić information content (AvgIpc) is 2.91. The lowest BCUT2D eigenvalue weighted by molar-refractivity contribution is -0.115. The summed E-state index contributed by atoms with van der Waals surface area (Å²) in [5.74, 6) is 0.00259. The molecule has 2 aromatic heterocycles. The van der Waals surface area contributed by atoms with E-state index in [1.54, 1.807) is 23.7 Å². The van der Waals surface area contributed by atoms with Gasteiger partial charge in [0.25, 0.3) is 0 Å². The molecule has 0 atom stereocenters. The third-order valence-electron chi connectivity index (χ3n) is 3.44. The number of benzene rings is 1. The van der Waals surface area contributed by atoms with E-state index in [2.05, 4.69) is 29.4 Å². The molecule has 3 rings (SSSR count). The van der Waals surface area contributed by atoms with E-state index < -0.39 is 0 Å². The molecule has 4 heteroatoms. The molecule has 0 saturated carbocycles. The predicted molar refractivity (Wildman–Crippen MR) is 87.8 cm³/mol. The van der Waals surface area contributed by atoms with E-state index in [1.165, 1.54) is 5.56 Å². The Morgan fingerprint density at radius 3 is 2.71 bits per heavy atom. The van der Waals surface area contributed by atoms with Gasteiger partial charge in [0, 0.05) is 27.9 Å². The lowest BCUT2D eigenvalue weighted by atomic mass is 10.1. The number of nitrogens with zero attached hydrogens (tertiary/aromatic N) is 1. The van der Waals surface area contributed by atoms with Gasteiger partial charge in [-0.05, 0) is 23.6 Å². The molecule has 1 amide bonds. The number of anilines is 1. The highest BCUT2D eigenvalue weighted by Gasteiger charge is 2.08. The van der Waals surface area contributed by atoms with E-state index >= 15 is 0 Å². The van der Waals surface area contributed by atoms with E-state index in [0.717, 1.165) is 27.8 Å². The van der Waals surface area contributed by atoms with E-state index in [1.807, 2.05) is 23.6 Å². The largest absolute Gasteiger partial charge is 0.324 e. The van der Waals surface area contributed by atoms with Crippen LogP contribution in [0.3, 0.4) is 0 Å². The van der Waals surface area contributed by atoms with Gasteiger partial charge in [0.2, 0.25) is 5.91 Å². The molecule has 2 heterocycles. The van der Waals surface area contributed by atoms with Crippen LogP contribution in [0, 0.1) is 0 Å². The second-order valence-electron chi connectivity index (χ2n) is 4.92. The van der Waals surface area contributed by atoms with Gasteiger partial charge in [-0.1, -0.05) is 31.2 Å². The minimum atomic E-state index is 0.00259. The molecule has 0 unspecified atom stereocenters. The van der Waals surface area contributed by atoms with Crippen LogP contribution in [-0.4, -0.2) is 10.9 Å². The Bertz CT molecular complexity index is 762. The summed E-state index contributed by atoms with van der Waals surface area (Å²) >= 11 is 1.61. The van der Waals surface area contributed by atoms with E-state index in [0.29, 0.717) is 6.42 Å². The molecular formula is C17H16N2OS. The summed E-state index contributed by atoms with van der Waals surface area (Å²) in [5, 5.41) is 5.93. The van der Waals surface area contributed by atoms with Crippen molar-refractivity contribution in [2.24, 2.45) is 0 Å². The summed E-state index contributed by atoms with van der Waals surface area (Å²) in [7, 11) is 0. The molecule has 0 bridgehead atoms. The molecule has 106 valence electrons. The predicted octanol–water partition coefficient (Wildman–Crippen LogP) is 4.04. The van der Waals surface area contributed by atoms with Crippen molar-refractivity contribution in [3.8, 4) is 0 Å². The zero-order valence-corrected chi connectivity index (χ0v) is 12.6. The number of fused-ring (bicyclic) bond motifs is 1. The minimum absolute atomic E-state index is 0.00259. The molecule has 1 N–H and O–H groups in total. The highest BCUT2D eigenvalue weighted by molar-refractivity contribution is 7.17. The Morgan fingerprint density at radius 2 is 1.95 bits per heavy atom. The lowest BCUT2D eigenvalue weighted by Gasteiger charge is -2.05. The first-order chi connectivity index (χ1) is 10.3. The van der Waals surface area contributed by atoms with Crippen LogP contribution in [0.4, 0.5) is 5.69 Å². The summed E-state index contributed by atoms with van der Waals surface area (Å²) in [4.78, 5) is 16.3. The maximum atomic E-state index is 12.2. The van der Waals surface area contributed by atoms with E-state index in [9.17, 15) is 4.79 Å². The maximum absolute atomic E-state index is 12.2. The summed E-state index contributed by atoms with van der Waals surface area (Å²) in [6.45, 7) is 2.12. The number of aryl methyl sites for hydroxylation is 1. The molecule has 3 aromatic rings. The molecule has 0 aliphatic heterocycles. The number of carbonyl (C=O) groups is 1. The van der Waals surface area contributed by atoms with Gasteiger partial charge in [0.1, 0.15) is 0 Å². The fraction of sp³-hybridized carbons (Fsp3) is 0.176. The third kappa shape index (κ3) is 3.11. The molecule has 3 nitrogen and oxygen atoms in total. The molecule has 0 saturated heterocycles. The van der Waals surface area contributed by atoms with Crippen LogP contribution in [0.15, 0.2) is 48.1 Å². The third-order valence-corrected chi connectivity index (χ3v) is 4.41. The number of carbonyl (C=O) groups excluding carboxylic acids is 1. The quantitative estimate of drug-likeness (QED) is 0.789. The average molecular weight is 296 g/mol. The summed E-state index contributed by atoms with van der Waals surface area (Å²) in [6, 6.07) is 10.1. The van der Waals surface area contributed by atoms with Crippen molar-refractivity contribution < 1.29 is 4.79 Å². The summed E-state index contributed by atoms with van der Waals surface area (Å²) in [5.41, 5.74) is 3.16. The van der Waals surface area contributed by atoms with Gasteiger partial charge < -0.3 is 5.32 Å². The number of nitrogens with one attached hydrogen (secondary N) is 1. The standard InChI is InChI=1S/C17H16N2OS/c1-2-12-3-5-13(6-4-12)9-17(20)19-15-11-21-16-7-8-18-10-14(15)16/h3-8,10-11H,2,9H2,1H3,(H,19,20). The first kappa shape index (κ1) is 13.8. The first-order valence-electron chi connectivity index (χ1n) is 6.95. The van der Waals surface area contributed by atoms with Crippen LogP contribution >= 0.6 is 11.3 Å². The van der Waals surface area contributed by atoms with Crippen molar-refractivity contribution in [2.45, 2.75) is 19.8 Å². The number of thiophene rings is 1. The van der Waals surface area contributed by atoms with Crippen molar-refractivity contribution in [3.05, 3.63) is 59.2 Å². The zero-order valence-electron chi connectivity index (χ0n) is 11.8. The number of pyridine rings is 1. The maximum Gasteiger partial charge on any atom is 0.228 e. The summed E-state index contributed by atoms with van der Waals surface area (Å²) in [6.07, 6.45) is 4.96. The van der Waals surface area contributed by atoms with E-state index in [4.69, 9.17) is 0 Å². The van der Waals surface area contributed by atoms with Crippen molar-refractivity contribution in [1.82, 2.24) is 4.98 Å². The van der Waals surface area contributed by atoms with Gasteiger partial charge >= 0.3 is 0 Å². The normalized spacial score (nSPS) is 10.7. The SMILES string of the molecule is CCc1ccc(CC(=O)Nc2csc3ccncc23)cc1. The number of hydrogen-bond acceptors (Lipinski definition) is 3. The molecule has 0 aliphatic rings. The number of hydrogen-bond donors (Lipinski definition) is 1. The van der Waals surface area contributed by atoms with Gasteiger partial charge in [-0.2, -0.15) is 0 Å². The highest BCUT2D eigenvalue weighted by Crippen LogP contribution is 2.29.